The Bertz CT molecular complexity index is 67.1. The molecule has 18 heteroatoms. The predicted octanol–water partition coefficient (Wildman–Crippen LogP) is -15.0. The van der Waals surface area contributed by atoms with E-state index in [1.165, 1.54) is 0 Å². The van der Waals surface area contributed by atoms with E-state index in [1.807, 2.05) is 0 Å². The first-order valence-electron chi connectivity index (χ1n) is 2.96. The maximum Gasteiger partial charge on any atom is 1.00 e. The first kappa shape index (κ1) is 36.6. The van der Waals surface area contributed by atoms with Crippen molar-refractivity contribution in [2.24, 2.45) is 0 Å². The summed E-state index contributed by atoms with van der Waals surface area (Å²) in [6.45, 7) is 0. The topological polar surface area (TPSA) is 260 Å². The van der Waals surface area contributed by atoms with Crippen LogP contribution in [0, 0.1) is 0 Å². The summed E-state index contributed by atoms with van der Waals surface area (Å²) in [5, 5.41) is 93.5. The molecule has 18 heavy (non-hydrogen) atoms. The number of rotatable bonds is 0. The molecule has 0 amide bonds. The van der Waals surface area contributed by atoms with Crippen molar-refractivity contribution >= 4 is 29.3 Å². The average molecular weight is 315 g/mol. The molecule has 1 radical (unpaired) electrons. The molecule has 0 aliphatic carbocycles. The molecule has 0 rings (SSSR count). The van der Waals surface area contributed by atoms with Crippen LogP contribution in [0.5, 0.6) is 0 Å². The molecule has 6 N–H and O–H groups in total. The van der Waals surface area contributed by atoms with Crippen molar-refractivity contribution in [1.29, 1.82) is 0 Å². The number of hydrogen-bond acceptors (Lipinski definition) is 12. The molecule has 0 aliphatic heterocycles. The van der Waals surface area contributed by atoms with Crippen molar-refractivity contribution in [3.8, 4) is 0 Å². The normalized spacial score (nSPS) is 6.00. The monoisotopic (exact) mass is 316 g/mol. The summed E-state index contributed by atoms with van der Waals surface area (Å²) >= 11 is 0. The second-order valence-corrected chi connectivity index (χ2v) is 1.27. The van der Waals surface area contributed by atoms with Gasteiger partial charge in [-0.15, -0.1) is 0 Å². The van der Waals surface area contributed by atoms with Crippen LogP contribution in [0.4, 0.5) is 0 Å². The maximum absolute atomic E-state index is 8.42. The van der Waals surface area contributed by atoms with Gasteiger partial charge in [-0.2, -0.15) is 0 Å². The zero-order chi connectivity index (χ0) is 14.3. The molecule has 0 aliphatic rings. The van der Waals surface area contributed by atoms with E-state index in [4.69, 9.17) is 60.3 Å². The molecule has 0 saturated heterocycles. The quantitative estimate of drug-likeness (QED) is 0.227. The second-order valence-electron chi connectivity index (χ2n) is 1.27. The minimum atomic E-state index is -2.92. The van der Waals surface area contributed by atoms with Crippen molar-refractivity contribution in [2.45, 2.75) is 0 Å². The smallest absolute Gasteiger partial charge is 0.907 e. The fourth-order valence-electron chi connectivity index (χ4n) is 0. The molecule has 0 aromatic carbocycles. The minimum Gasteiger partial charge on any atom is -0.907 e. The zero-order valence-electron chi connectivity index (χ0n) is 8.89. The van der Waals surface area contributed by atoms with Gasteiger partial charge < -0.3 is 60.3 Å². The summed E-state index contributed by atoms with van der Waals surface area (Å²) in [6.07, 6.45) is 0. The van der Waals surface area contributed by atoms with Crippen LogP contribution >= 0.6 is 0 Å². The van der Waals surface area contributed by atoms with Gasteiger partial charge in [0.05, 0.1) is 0 Å². The third kappa shape index (κ3) is 2500. The number of hydrogen-bond donors (Lipinski definition) is 6. The first-order chi connectivity index (χ1) is 6.93. The molecule has 0 heterocycles. The van der Waals surface area contributed by atoms with Gasteiger partial charge >= 0.3 is 44.2 Å². The molecule has 0 aromatic rings. The summed E-state index contributed by atoms with van der Waals surface area (Å²) < 4.78 is 0. The van der Waals surface area contributed by atoms with Gasteiger partial charge in [-0.1, -0.05) is 0 Å². The van der Waals surface area contributed by atoms with Gasteiger partial charge in [0.15, 0.2) is 0 Å². The van der Waals surface area contributed by atoms with Gasteiger partial charge in [-0.3, -0.25) is 14.6 Å². The van der Waals surface area contributed by atoms with Crippen molar-refractivity contribution in [1.82, 2.24) is 0 Å². The minimum absolute atomic E-state index is 0. The summed E-state index contributed by atoms with van der Waals surface area (Å²) in [7, 11) is -10.2. The van der Waals surface area contributed by atoms with E-state index in [9.17, 15) is 0 Å². The van der Waals surface area contributed by atoms with Crippen LogP contribution in [0.1, 0.15) is 0 Å². The van der Waals surface area contributed by atoms with Crippen molar-refractivity contribution < 1.29 is 108 Å². The summed E-state index contributed by atoms with van der Waals surface area (Å²) in [4.78, 5) is 0. The second kappa shape index (κ2) is 31.0. The Morgan fingerprint density at radius 1 is 0.500 bits per heavy atom. The molecule has 0 fully saturated rings. The Labute approximate surface area is 137 Å². The third-order valence-electron chi connectivity index (χ3n) is 0. The fraction of sp³-hybridized carbons (Fsp3) is 0. The van der Waals surface area contributed by atoms with E-state index in [0.717, 1.165) is 0 Å². The van der Waals surface area contributed by atoms with Gasteiger partial charge in [0.1, 0.15) is 0 Å². The van der Waals surface area contributed by atoms with Crippen LogP contribution in [0.25, 0.3) is 0 Å². The van der Waals surface area contributed by atoms with E-state index in [0.29, 0.717) is 0 Å². The maximum atomic E-state index is 8.42. The van der Waals surface area contributed by atoms with Gasteiger partial charge in [-0.05, 0) is 0 Å². The molecule has 101 valence electrons. The van der Waals surface area contributed by atoms with Crippen LogP contribution in [0.2, 0.25) is 0 Å². The van der Waals surface area contributed by atoms with E-state index in [-0.39, 0.29) is 48.1 Å². The first-order valence-corrected chi connectivity index (χ1v) is 2.96. The Morgan fingerprint density at radius 2 is 0.500 bits per heavy atom. The Morgan fingerprint density at radius 3 is 0.500 bits per heavy atom. The van der Waals surface area contributed by atoms with E-state index in [1.54, 1.807) is 0 Å². The van der Waals surface area contributed by atoms with Crippen molar-refractivity contribution in [3.05, 3.63) is 0 Å². The standard InChI is InChI=1S/2BH3O3.2BO3.Na.V/c4*2-1(3)4;;/h2*2-4H;;;;/q;;2*-3;+1;. The predicted molar refractivity (Wildman–Crippen MR) is 36.3 cm³/mol. The SMILES string of the molecule is OB(O)O.OB(O)O.[Na+].[O-]B([O-])[O-].[O-]B([O-])[O-].[V]. The van der Waals surface area contributed by atoms with Gasteiger partial charge in [0.25, 0.3) is 0 Å². The zero-order valence-corrected chi connectivity index (χ0v) is 12.3. The Hall–Kier alpha value is 1.36. The molecular weight excluding hydrogens is 309 g/mol. The fourth-order valence-corrected chi connectivity index (χ4v) is 0. The molecule has 0 atom stereocenters. The van der Waals surface area contributed by atoms with Crippen LogP contribution in [0.15, 0.2) is 0 Å². The summed E-state index contributed by atoms with van der Waals surface area (Å²) in [6, 6.07) is 0. The molecule has 0 unspecified atom stereocenters. The Balaban J connectivity index is -0.0000000257. The third-order valence-corrected chi connectivity index (χ3v) is 0. The molecular formula is H6B4NaO12V-5. The van der Waals surface area contributed by atoms with Crippen LogP contribution in [-0.2, 0) is 18.6 Å². The molecule has 0 saturated carbocycles. The van der Waals surface area contributed by atoms with Crippen molar-refractivity contribution in [3.63, 3.8) is 0 Å². The Kier molecular flexibility index (Phi) is 63.0. The van der Waals surface area contributed by atoms with E-state index < -0.39 is 29.3 Å². The van der Waals surface area contributed by atoms with Crippen molar-refractivity contribution in [2.75, 3.05) is 0 Å². The van der Waals surface area contributed by atoms with Crippen LogP contribution < -0.4 is 59.7 Å². The molecule has 12 nitrogen and oxygen atoms in total. The molecule has 0 aromatic heterocycles. The van der Waals surface area contributed by atoms with Gasteiger partial charge in [-0.25, -0.2) is 0 Å². The van der Waals surface area contributed by atoms with Crippen LogP contribution in [0.3, 0.4) is 0 Å². The van der Waals surface area contributed by atoms with E-state index in [2.05, 4.69) is 0 Å². The molecule has 0 spiro atoms. The van der Waals surface area contributed by atoms with Crippen LogP contribution in [-0.4, -0.2) is 59.4 Å². The largest absolute Gasteiger partial charge is 1.00 e. The van der Waals surface area contributed by atoms with Gasteiger partial charge in [0, 0.05) is 18.6 Å². The summed E-state index contributed by atoms with van der Waals surface area (Å²) in [5.74, 6) is 0. The van der Waals surface area contributed by atoms with E-state index >= 15 is 0 Å². The molecule has 0 bridgehead atoms. The van der Waals surface area contributed by atoms with Gasteiger partial charge in [0.2, 0.25) is 0 Å². The summed E-state index contributed by atoms with van der Waals surface area (Å²) in [5.41, 5.74) is 0. The average Bonchev–Trinajstić information content (AvgIpc) is 1.76.